The molecule has 18 heavy (non-hydrogen) atoms. The third kappa shape index (κ3) is 3.55. The second-order valence-corrected chi connectivity index (χ2v) is 5.01. The highest BCUT2D eigenvalue weighted by molar-refractivity contribution is 5.90. The Morgan fingerprint density at radius 1 is 1.39 bits per heavy atom. The molecule has 1 aliphatic carbocycles. The van der Waals surface area contributed by atoms with Gasteiger partial charge in [0.2, 0.25) is 5.82 Å². The Balaban J connectivity index is 1.70. The average Bonchev–Trinajstić information content (AvgIpc) is 2.89. The van der Waals surface area contributed by atoms with Gasteiger partial charge in [-0.05, 0) is 12.3 Å². The number of H-pyrrole nitrogens is 1. The van der Waals surface area contributed by atoms with Crippen LogP contribution in [0.1, 0.15) is 61.9 Å². The summed E-state index contributed by atoms with van der Waals surface area (Å²) < 4.78 is 0. The van der Waals surface area contributed by atoms with E-state index in [9.17, 15) is 4.79 Å². The molecule has 1 aromatic heterocycles. The van der Waals surface area contributed by atoms with Gasteiger partial charge in [-0.3, -0.25) is 9.89 Å². The summed E-state index contributed by atoms with van der Waals surface area (Å²) in [5, 5.41) is 9.56. The zero-order valence-corrected chi connectivity index (χ0v) is 11.0. The molecule has 5 nitrogen and oxygen atoms in total. The van der Waals surface area contributed by atoms with Crippen molar-refractivity contribution < 1.29 is 4.79 Å². The van der Waals surface area contributed by atoms with Crippen molar-refractivity contribution in [1.82, 2.24) is 20.5 Å². The Labute approximate surface area is 108 Å². The molecule has 2 N–H and O–H groups in total. The minimum absolute atomic E-state index is 0.165. The van der Waals surface area contributed by atoms with Crippen molar-refractivity contribution in [2.45, 2.75) is 51.9 Å². The molecule has 1 aromatic rings. The quantitative estimate of drug-likeness (QED) is 0.840. The average molecular weight is 250 g/mol. The summed E-state index contributed by atoms with van der Waals surface area (Å²) in [5.74, 6) is 1.64. The van der Waals surface area contributed by atoms with E-state index in [4.69, 9.17) is 0 Å². The first-order valence-electron chi connectivity index (χ1n) is 6.99. The van der Waals surface area contributed by atoms with Crippen LogP contribution in [0.3, 0.4) is 0 Å². The number of hydrogen-bond acceptors (Lipinski definition) is 3. The van der Waals surface area contributed by atoms with Crippen molar-refractivity contribution in [2.24, 2.45) is 5.92 Å². The van der Waals surface area contributed by atoms with Crippen LogP contribution in [0.2, 0.25) is 0 Å². The third-order valence-corrected chi connectivity index (χ3v) is 3.63. The number of hydrogen-bond donors (Lipinski definition) is 2. The van der Waals surface area contributed by atoms with Crippen LogP contribution >= 0.6 is 0 Å². The number of amides is 1. The molecule has 1 aliphatic rings. The summed E-state index contributed by atoms with van der Waals surface area (Å²) in [4.78, 5) is 15.9. The Hall–Kier alpha value is -1.39. The second kappa shape index (κ2) is 6.52. The van der Waals surface area contributed by atoms with Crippen LogP contribution in [0.25, 0.3) is 0 Å². The molecule has 5 heteroatoms. The Kier molecular flexibility index (Phi) is 4.73. The van der Waals surface area contributed by atoms with Crippen LogP contribution in [0.15, 0.2) is 0 Å². The van der Waals surface area contributed by atoms with E-state index in [1.165, 1.54) is 32.1 Å². The van der Waals surface area contributed by atoms with Crippen LogP contribution in [0.5, 0.6) is 0 Å². The van der Waals surface area contributed by atoms with Gasteiger partial charge in [0.05, 0.1) is 0 Å². The lowest BCUT2D eigenvalue weighted by Gasteiger charge is -2.21. The maximum absolute atomic E-state index is 11.8. The van der Waals surface area contributed by atoms with E-state index in [1.807, 2.05) is 6.92 Å². The Morgan fingerprint density at radius 2 is 2.17 bits per heavy atom. The van der Waals surface area contributed by atoms with Crippen molar-refractivity contribution in [2.75, 3.05) is 6.54 Å². The zero-order valence-electron chi connectivity index (χ0n) is 11.0. The van der Waals surface area contributed by atoms with E-state index < -0.39 is 0 Å². The van der Waals surface area contributed by atoms with Crippen molar-refractivity contribution in [3.8, 4) is 0 Å². The third-order valence-electron chi connectivity index (χ3n) is 3.63. The fraction of sp³-hybridized carbons (Fsp3) is 0.769. The smallest absolute Gasteiger partial charge is 0.290 e. The molecule has 0 aromatic carbocycles. The van der Waals surface area contributed by atoms with E-state index >= 15 is 0 Å². The monoisotopic (exact) mass is 250 g/mol. The van der Waals surface area contributed by atoms with Gasteiger partial charge < -0.3 is 5.32 Å². The van der Waals surface area contributed by atoms with Crippen LogP contribution in [0, 0.1) is 5.92 Å². The van der Waals surface area contributed by atoms with Gasteiger partial charge in [0.25, 0.3) is 5.91 Å². The highest BCUT2D eigenvalue weighted by atomic mass is 16.2. The first kappa shape index (κ1) is 13.1. The van der Waals surface area contributed by atoms with Crippen LogP contribution < -0.4 is 5.32 Å². The SMILES string of the molecule is CCc1nc(C(=O)NCCC2CCCCC2)n[nH]1. The lowest BCUT2D eigenvalue weighted by molar-refractivity contribution is 0.0940. The molecule has 1 amide bonds. The lowest BCUT2D eigenvalue weighted by atomic mass is 9.87. The molecule has 0 saturated heterocycles. The molecule has 1 heterocycles. The number of aromatic nitrogens is 3. The summed E-state index contributed by atoms with van der Waals surface area (Å²) >= 11 is 0. The number of aryl methyl sites for hydroxylation is 1. The highest BCUT2D eigenvalue weighted by Gasteiger charge is 2.15. The number of nitrogens with one attached hydrogen (secondary N) is 2. The van der Waals surface area contributed by atoms with Crippen molar-refractivity contribution in [3.63, 3.8) is 0 Å². The number of nitrogens with zero attached hydrogens (tertiary/aromatic N) is 2. The fourth-order valence-electron chi connectivity index (χ4n) is 2.50. The molecule has 1 fully saturated rings. The first-order chi connectivity index (χ1) is 8.79. The maximum Gasteiger partial charge on any atom is 0.290 e. The van der Waals surface area contributed by atoms with Gasteiger partial charge in [0.15, 0.2) is 0 Å². The molecule has 1 saturated carbocycles. The number of aromatic amines is 1. The first-order valence-corrected chi connectivity index (χ1v) is 6.99. The second-order valence-electron chi connectivity index (χ2n) is 5.01. The molecule has 0 radical (unpaired) electrons. The summed E-state index contributed by atoms with van der Waals surface area (Å²) in [6.07, 6.45) is 8.55. The molecule has 0 spiro atoms. The lowest BCUT2D eigenvalue weighted by Crippen LogP contribution is -2.27. The van der Waals surface area contributed by atoms with Gasteiger partial charge >= 0.3 is 0 Å². The minimum Gasteiger partial charge on any atom is -0.349 e. The summed E-state index contributed by atoms with van der Waals surface area (Å²) in [6.45, 7) is 2.71. The highest BCUT2D eigenvalue weighted by Crippen LogP contribution is 2.25. The topological polar surface area (TPSA) is 70.7 Å². The van der Waals surface area contributed by atoms with Gasteiger partial charge in [-0.2, -0.15) is 0 Å². The summed E-state index contributed by atoms with van der Waals surface area (Å²) in [7, 11) is 0. The van der Waals surface area contributed by atoms with E-state index in [2.05, 4.69) is 20.5 Å². The molecular formula is C13H22N4O. The van der Waals surface area contributed by atoms with Gasteiger partial charge in [-0.1, -0.05) is 39.0 Å². The molecule has 0 unspecified atom stereocenters. The molecule has 2 rings (SSSR count). The standard InChI is InChI=1S/C13H22N4O/c1-2-11-15-12(17-16-11)13(18)14-9-8-10-6-4-3-5-7-10/h10H,2-9H2,1H3,(H,14,18)(H,15,16,17). The fourth-order valence-corrected chi connectivity index (χ4v) is 2.50. The molecular weight excluding hydrogens is 228 g/mol. The van der Waals surface area contributed by atoms with E-state index in [0.717, 1.165) is 31.1 Å². The summed E-state index contributed by atoms with van der Waals surface area (Å²) in [6, 6.07) is 0. The Bertz CT molecular complexity index is 382. The molecule has 0 aliphatic heterocycles. The van der Waals surface area contributed by atoms with Gasteiger partial charge in [-0.25, -0.2) is 4.98 Å². The van der Waals surface area contributed by atoms with Crippen LogP contribution in [-0.4, -0.2) is 27.6 Å². The predicted molar refractivity (Wildman–Crippen MR) is 69.3 cm³/mol. The number of carbonyl (C=O) groups is 1. The van der Waals surface area contributed by atoms with Crippen molar-refractivity contribution in [1.29, 1.82) is 0 Å². The van der Waals surface area contributed by atoms with E-state index in [-0.39, 0.29) is 11.7 Å². The molecule has 0 atom stereocenters. The van der Waals surface area contributed by atoms with Crippen molar-refractivity contribution >= 4 is 5.91 Å². The van der Waals surface area contributed by atoms with Gasteiger partial charge in [-0.15, -0.1) is 5.10 Å². The molecule has 0 bridgehead atoms. The molecule has 100 valence electrons. The van der Waals surface area contributed by atoms with Gasteiger partial charge in [0.1, 0.15) is 5.82 Å². The Morgan fingerprint density at radius 3 is 2.83 bits per heavy atom. The number of carbonyl (C=O) groups excluding carboxylic acids is 1. The van der Waals surface area contributed by atoms with Gasteiger partial charge in [0, 0.05) is 13.0 Å². The van der Waals surface area contributed by atoms with E-state index in [0.29, 0.717) is 0 Å². The minimum atomic E-state index is -0.165. The normalized spacial score (nSPS) is 16.7. The number of rotatable bonds is 5. The maximum atomic E-state index is 11.8. The largest absolute Gasteiger partial charge is 0.349 e. The van der Waals surface area contributed by atoms with Crippen LogP contribution in [0.4, 0.5) is 0 Å². The predicted octanol–water partition coefficient (Wildman–Crippen LogP) is 2.07. The van der Waals surface area contributed by atoms with E-state index in [1.54, 1.807) is 0 Å². The van der Waals surface area contributed by atoms with Crippen molar-refractivity contribution in [3.05, 3.63) is 11.6 Å². The van der Waals surface area contributed by atoms with Crippen LogP contribution in [-0.2, 0) is 6.42 Å². The summed E-state index contributed by atoms with van der Waals surface area (Å²) in [5.41, 5.74) is 0. The zero-order chi connectivity index (χ0) is 12.8.